The Balaban J connectivity index is 2.53. The van der Waals surface area contributed by atoms with E-state index in [1.807, 2.05) is 12.3 Å². The van der Waals surface area contributed by atoms with Gasteiger partial charge in [0.25, 0.3) is 0 Å². The maximum atomic E-state index is 5.72. The molecule has 0 aliphatic carbocycles. The van der Waals surface area contributed by atoms with Gasteiger partial charge in [0.1, 0.15) is 5.15 Å². The van der Waals surface area contributed by atoms with E-state index in [-0.39, 0.29) is 0 Å². The molecule has 11 heavy (non-hydrogen) atoms. The Morgan fingerprint density at radius 2 is 2.27 bits per heavy atom. The zero-order valence-electron chi connectivity index (χ0n) is 5.92. The van der Waals surface area contributed by atoms with Gasteiger partial charge in [0.2, 0.25) is 0 Å². The summed E-state index contributed by atoms with van der Waals surface area (Å²) in [7, 11) is 0. The van der Waals surface area contributed by atoms with Gasteiger partial charge < -0.3 is 0 Å². The van der Waals surface area contributed by atoms with E-state index in [2.05, 4.69) is 9.98 Å². The van der Waals surface area contributed by atoms with Crippen LogP contribution in [-0.4, -0.2) is 17.7 Å². The first-order chi connectivity index (χ1) is 5.36. The summed E-state index contributed by atoms with van der Waals surface area (Å²) in [5, 5.41) is 0.569. The molecule has 0 atom stereocenters. The molecule has 0 bridgehead atoms. The minimum absolute atomic E-state index is 0.569. The third kappa shape index (κ3) is 1.26. The third-order valence-corrected chi connectivity index (χ3v) is 1.89. The Hall–Kier alpha value is -0.890. The molecule has 56 valence electrons. The van der Waals surface area contributed by atoms with E-state index >= 15 is 0 Å². The zero-order valence-corrected chi connectivity index (χ0v) is 6.67. The number of nitrogens with zero attached hydrogens (tertiary/aromatic N) is 2. The molecule has 0 unspecified atom stereocenters. The largest absolute Gasteiger partial charge is 0.292 e. The zero-order chi connectivity index (χ0) is 7.68. The molecule has 0 fully saturated rings. The fraction of sp³-hybridized carbons (Fsp3) is 0.250. The minimum Gasteiger partial charge on any atom is -0.292 e. The molecule has 2 heterocycles. The predicted molar refractivity (Wildman–Crippen MR) is 45.4 cm³/mol. The van der Waals surface area contributed by atoms with E-state index in [0.717, 1.165) is 24.2 Å². The fourth-order valence-corrected chi connectivity index (χ4v) is 1.30. The van der Waals surface area contributed by atoms with Gasteiger partial charge in [0, 0.05) is 24.7 Å². The van der Waals surface area contributed by atoms with Crippen molar-refractivity contribution in [1.29, 1.82) is 0 Å². The summed E-state index contributed by atoms with van der Waals surface area (Å²) in [6, 6.07) is 3.74. The van der Waals surface area contributed by atoms with Crippen molar-refractivity contribution in [2.24, 2.45) is 4.99 Å². The van der Waals surface area contributed by atoms with Crippen molar-refractivity contribution >= 4 is 17.8 Å². The molecule has 2 nitrogen and oxygen atoms in total. The smallest absolute Gasteiger partial charge is 0.129 e. The van der Waals surface area contributed by atoms with Gasteiger partial charge in [-0.05, 0) is 12.1 Å². The van der Waals surface area contributed by atoms with Gasteiger partial charge in [-0.1, -0.05) is 11.6 Å². The van der Waals surface area contributed by atoms with Crippen molar-refractivity contribution < 1.29 is 0 Å². The predicted octanol–water partition coefficient (Wildman–Crippen LogP) is 1.71. The van der Waals surface area contributed by atoms with Crippen molar-refractivity contribution in [3.63, 3.8) is 0 Å². The molecule has 1 aromatic rings. The van der Waals surface area contributed by atoms with Crippen LogP contribution in [0.3, 0.4) is 0 Å². The van der Waals surface area contributed by atoms with Crippen molar-refractivity contribution in [3.8, 4) is 0 Å². The normalized spacial score (nSPS) is 14.6. The maximum Gasteiger partial charge on any atom is 0.129 e. The third-order valence-electron chi connectivity index (χ3n) is 1.68. The van der Waals surface area contributed by atoms with Crippen molar-refractivity contribution in [2.75, 3.05) is 6.54 Å². The molecule has 0 saturated heterocycles. The lowest BCUT2D eigenvalue weighted by molar-refractivity contribution is 0.906. The van der Waals surface area contributed by atoms with E-state index in [1.165, 1.54) is 0 Å². The average Bonchev–Trinajstić information content (AvgIpc) is 2.04. The quantitative estimate of drug-likeness (QED) is 0.539. The van der Waals surface area contributed by atoms with Gasteiger partial charge in [0.05, 0.1) is 5.69 Å². The molecule has 0 N–H and O–H groups in total. The molecule has 1 aliphatic heterocycles. The van der Waals surface area contributed by atoms with E-state index < -0.39 is 0 Å². The minimum atomic E-state index is 0.569. The van der Waals surface area contributed by atoms with Gasteiger partial charge in [-0.25, -0.2) is 4.98 Å². The van der Waals surface area contributed by atoms with E-state index in [1.54, 1.807) is 6.07 Å². The summed E-state index contributed by atoms with van der Waals surface area (Å²) >= 11 is 5.72. The number of pyridine rings is 1. The molecular formula is C8H7ClN2. The topological polar surface area (TPSA) is 25.2 Å². The van der Waals surface area contributed by atoms with Gasteiger partial charge >= 0.3 is 0 Å². The average molecular weight is 167 g/mol. The number of aromatic nitrogens is 1. The first-order valence-electron chi connectivity index (χ1n) is 3.51. The lowest BCUT2D eigenvalue weighted by atomic mass is 10.1. The van der Waals surface area contributed by atoms with Crippen molar-refractivity contribution in [3.05, 3.63) is 28.5 Å². The second-order valence-electron chi connectivity index (χ2n) is 2.46. The number of hydrogen-bond donors (Lipinski definition) is 0. The van der Waals surface area contributed by atoms with Crippen LogP contribution in [0, 0.1) is 0 Å². The number of hydrogen-bond acceptors (Lipinski definition) is 2. The summed E-state index contributed by atoms with van der Waals surface area (Å²) in [6.07, 6.45) is 2.76. The molecule has 0 spiro atoms. The molecule has 0 amide bonds. The molecule has 1 aromatic heterocycles. The van der Waals surface area contributed by atoms with Gasteiger partial charge in [-0.15, -0.1) is 0 Å². The SMILES string of the molecule is Clc1ccc2c(n1)CCN=C2. The summed E-state index contributed by atoms with van der Waals surface area (Å²) < 4.78 is 0. The van der Waals surface area contributed by atoms with Crippen LogP contribution in [0.2, 0.25) is 5.15 Å². The lowest BCUT2D eigenvalue weighted by Crippen LogP contribution is -2.04. The summed E-state index contributed by atoms with van der Waals surface area (Å²) in [5.41, 5.74) is 2.16. The van der Waals surface area contributed by atoms with E-state index in [4.69, 9.17) is 11.6 Å². The highest BCUT2D eigenvalue weighted by molar-refractivity contribution is 6.29. The maximum absolute atomic E-state index is 5.72. The van der Waals surface area contributed by atoms with Crippen LogP contribution in [0.5, 0.6) is 0 Å². The van der Waals surface area contributed by atoms with Crippen LogP contribution in [0.15, 0.2) is 17.1 Å². The Kier molecular flexibility index (Phi) is 1.62. The van der Waals surface area contributed by atoms with Gasteiger partial charge in [-0.2, -0.15) is 0 Å². The van der Waals surface area contributed by atoms with E-state index in [0.29, 0.717) is 5.15 Å². The van der Waals surface area contributed by atoms with Crippen LogP contribution >= 0.6 is 11.6 Å². The molecule has 2 rings (SSSR count). The van der Waals surface area contributed by atoms with E-state index in [9.17, 15) is 0 Å². The molecule has 0 aromatic carbocycles. The molecule has 3 heteroatoms. The summed E-state index contributed by atoms with van der Waals surface area (Å²) in [4.78, 5) is 8.33. The molecule has 1 aliphatic rings. The second kappa shape index (κ2) is 2.62. The Morgan fingerprint density at radius 1 is 1.36 bits per heavy atom. The molecule has 0 saturated carbocycles. The Labute approximate surface area is 69.9 Å². The van der Waals surface area contributed by atoms with Crippen LogP contribution in [-0.2, 0) is 6.42 Å². The number of rotatable bonds is 0. The first-order valence-corrected chi connectivity index (χ1v) is 3.89. The van der Waals surface area contributed by atoms with Crippen molar-refractivity contribution in [1.82, 2.24) is 4.98 Å². The Bertz CT molecular complexity index is 307. The Morgan fingerprint density at radius 3 is 3.18 bits per heavy atom. The number of aliphatic imine (C=N–C) groups is 1. The second-order valence-corrected chi connectivity index (χ2v) is 2.84. The molecular weight excluding hydrogens is 160 g/mol. The number of fused-ring (bicyclic) bond motifs is 1. The highest BCUT2D eigenvalue weighted by Crippen LogP contribution is 2.13. The van der Waals surface area contributed by atoms with Gasteiger partial charge in [-0.3, -0.25) is 4.99 Å². The monoisotopic (exact) mass is 166 g/mol. The van der Waals surface area contributed by atoms with Crippen LogP contribution in [0.1, 0.15) is 11.3 Å². The van der Waals surface area contributed by atoms with Crippen molar-refractivity contribution in [2.45, 2.75) is 6.42 Å². The first kappa shape index (κ1) is 6.80. The fourth-order valence-electron chi connectivity index (χ4n) is 1.14. The highest BCUT2D eigenvalue weighted by Gasteiger charge is 2.05. The van der Waals surface area contributed by atoms with Crippen LogP contribution in [0.4, 0.5) is 0 Å². The number of halogens is 1. The van der Waals surface area contributed by atoms with Crippen LogP contribution in [0.25, 0.3) is 0 Å². The lowest BCUT2D eigenvalue weighted by Gasteiger charge is -2.07. The highest BCUT2D eigenvalue weighted by atomic mass is 35.5. The summed E-state index contributed by atoms with van der Waals surface area (Å²) in [6.45, 7) is 0.834. The standard InChI is InChI=1S/C8H7ClN2/c9-8-2-1-6-5-10-4-3-7(6)11-8/h1-2,5H,3-4H2. The molecule has 0 radical (unpaired) electrons. The van der Waals surface area contributed by atoms with Crippen LogP contribution < -0.4 is 0 Å². The summed E-state index contributed by atoms with van der Waals surface area (Å²) in [5.74, 6) is 0. The van der Waals surface area contributed by atoms with Gasteiger partial charge in [0.15, 0.2) is 0 Å².